The molecule has 40 heavy (non-hydrogen) atoms. The highest BCUT2D eigenvalue weighted by Crippen LogP contribution is 2.47. The number of hydrogen-bond donors (Lipinski definition) is 1. The molecule has 0 aliphatic carbocycles. The lowest BCUT2D eigenvalue weighted by atomic mass is 10.3. The van der Waals surface area contributed by atoms with E-state index in [9.17, 15) is 10.2 Å². The fourth-order valence-electron chi connectivity index (χ4n) is 2.59. The molecular weight excluding hydrogens is 727 g/mol. The van der Waals surface area contributed by atoms with Gasteiger partial charge in [-0.25, -0.2) is 4.98 Å². The predicted molar refractivity (Wildman–Crippen MR) is 170 cm³/mol. The second kappa shape index (κ2) is 17.4. The Morgan fingerprint density at radius 1 is 0.525 bits per heavy atom. The molecule has 0 saturated heterocycles. The fourth-order valence-corrected chi connectivity index (χ4v) is 4.84. The number of aromatic amines is 1. The summed E-state index contributed by atoms with van der Waals surface area (Å²) in [5.74, 6) is -0.976. The maximum atomic E-state index is 11.1. The quantitative estimate of drug-likeness (QED) is 0.144. The second-order valence-electron chi connectivity index (χ2n) is 7.75. The fraction of sp³-hybridized carbons (Fsp3) is 0.154. The standard InChI is InChI=1S/2C7H9N.2C6HCl5O/c2*1-6-4-3-5-7(2)8-6;2*7-1-2(8)4(10)6(12)5(11)3(1)9/h2*3-5H,1-2H3;2*12H. The summed E-state index contributed by atoms with van der Waals surface area (Å²) in [5, 5.41) is 19.5. The van der Waals surface area contributed by atoms with Gasteiger partial charge >= 0.3 is 0 Å². The third kappa shape index (κ3) is 10.8. The van der Waals surface area contributed by atoms with E-state index >= 15 is 0 Å². The summed E-state index contributed by atoms with van der Waals surface area (Å²) in [4.78, 5) is 7.34. The van der Waals surface area contributed by atoms with Crippen LogP contribution in [0.1, 0.15) is 22.8 Å². The molecule has 0 aliphatic rings. The van der Waals surface area contributed by atoms with Gasteiger partial charge < -0.3 is 10.2 Å². The third-order valence-electron chi connectivity index (χ3n) is 4.47. The van der Waals surface area contributed by atoms with Crippen LogP contribution >= 0.6 is 116 Å². The average Bonchev–Trinajstić information content (AvgIpc) is 2.91. The number of nitrogens with zero attached hydrogens (tertiary/aromatic N) is 1. The largest absolute Gasteiger partial charge is 0.870 e. The van der Waals surface area contributed by atoms with Crippen LogP contribution in [0.5, 0.6) is 11.5 Å². The SMILES string of the molecule is Cc1cccc(C)[nH+]1.Cc1cccc(C)n1.Oc1c(Cl)c(Cl)c(Cl)c(Cl)c1Cl.[O-]c1c(Cl)c(Cl)c(Cl)c(Cl)c1Cl. The molecule has 0 unspecified atom stereocenters. The van der Waals surface area contributed by atoms with Crippen molar-refractivity contribution >= 4 is 116 Å². The first kappa shape index (κ1) is 37.3. The highest BCUT2D eigenvalue weighted by molar-refractivity contribution is 6.56. The normalized spacial score (nSPS) is 9.95. The summed E-state index contributed by atoms with van der Waals surface area (Å²) in [6.07, 6.45) is 0. The topological polar surface area (TPSA) is 70.3 Å². The summed E-state index contributed by atoms with van der Waals surface area (Å²) in [5.41, 5.74) is 4.60. The molecule has 2 aromatic heterocycles. The number of rotatable bonds is 0. The molecule has 0 atom stereocenters. The molecule has 0 radical (unpaired) electrons. The molecule has 0 fully saturated rings. The number of H-pyrrole nitrogens is 1. The first-order valence-electron chi connectivity index (χ1n) is 10.8. The van der Waals surface area contributed by atoms with E-state index in [1.54, 1.807) is 0 Å². The Labute approximate surface area is 282 Å². The number of phenols is 1. The number of phenolic OH excluding ortho intramolecular Hbond substituents is 1. The Morgan fingerprint density at radius 3 is 1.10 bits per heavy atom. The van der Waals surface area contributed by atoms with E-state index in [1.807, 2.05) is 64.1 Å². The van der Waals surface area contributed by atoms with E-state index in [4.69, 9.17) is 116 Å². The lowest BCUT2D eigenvalue weighted by Crippen LogP contribution is -2.09. The summed E-state index contributed by atoms with van der Waals surface area (Å²) >= 11 is 55.6. The second-order valence-corrected chi connectivity index (χ2v) is 11.5. The van der Waals surface area contributed by atoms with Crippen molar-refractivity contribution in [2.24, 2.45) is 0 Å². The minimum Gasteiger partial charge on any atom is -0.870 e. The van der Waals surface area contributed by atoms with Crippen molar-refractivity contribution in [1.29, 1.82) is 0 Å². The number of aromatic nitrogens is 2. The summed E-state index contributed by atoms with van der Waals surface area (Å²) in [7, 11) is 0. The summed E-state index contributed by atoms with van der Waals surface area (Å²) in [6, 6.07) is 12.1. The summed E-state index contributed by atoms with van der Waals surface area (Å²) in [6.45, 7) is 8.08. The summed E-state index contributed by atoms with van der Waals surface area (Å²) < 4.78 is 0. The van der Waals surface area contributed by atoms with Crippen LogP contribution in [-0.4, -0.2) is 10.1 Å². The molecule has 0 aliphatic heterocycles. The Hall–Kier alpha value is -0.760. The zero-order valence-electron chi connectivity index (χ0n) is 21.0. The number of pyridine rings is 2. The van der Waals surface area contributed by atoms with Crippen molar-refractivity contribution < 1.29 is 15.2 Å². The average molecular weight is 747 g/mol. The minimum absolute atomic E-state index is 0.00654. The molecule has 4 aromatic rings. The highest BCUT2D eigenvalue weighted by Gasteiger charge is 2.18. The van der Waals surface area contributed by atoms with Crippen LogP contribution in [0.4, 0.5) is 0 Å². The number of halogens is 10. The first-order valence-corrected chi connectivity index (χ1v) is 14.5. The Morgan fingerprint density at radius 2 is 0.825 bits per heavy atom. The van der Waals surface area contributed by atoms with Crippen molar-refractivity contribution in [3.05, 3.63) is 109 Å². The zero-order chi connectivity index (χ0) is 30.9. The third-order valence-corrected chi connectivity index (χ3v) is 8.97. The van der Waals surface area contributed by atoms with Gasteiger partial charge in [-0.05, 0) is 32.0 Å². The van der Waals surface area contributed by atoms with Gasteiger partial charge in [0.05, 0.1) is 40.2 Å². The highest BCUT2D eigenvalue weighted by atomic mass is 35.5. The van der Waals surface area contributed by atoms with Crippen molar-refractivity contribution in [3.8, 4) is 11.5 Å². The van der Waals surface area contributed by atoms with E-state index in [2.05, 4.69) is 9.97 Å². The Balaban J connectivity index is 0.000000271. The molecule has 0 amide bonds. The van der Waals surface area contributed by atoms with Crippen LogP contribution < -0.4 is 10.1 Å². The van der Waals surface area contributed by atoms with Gasteiger partial charge in [-0.2, -0.15) is 0 Å². The Kier molecular flexibility index (Phi) is 16.2. The van der Waals surface area contributed by atoms with Crippen molar-refractivity contribution in [2.75, 3.05) is 0 Å². The minimum atomic E-state index is -0.613. The van der Waals surface area contributed by atoms with Gasteiger partial charge in [0.1, 0.15) is 10.0 Å². The van der Waals surface area contributed by atoms with Crippen LogP contribution in [-0.2, 0) is 0 Å². The molecule has 0 spiro atoms. The molecule has 2 heterocycles. The van der Waals surface area contributed by atoms with E-state index < -0.39 is 5.75 Å². The van der Waals surface area contributed by atoms with Crippen molar-refractivity contribution in [3.63, 3.8) is 0 Å². The van der Waals surface area contributed by atoms with E-state index in [1.165, 1.54) is 11.4 Å². The first-order chi connectivity index (χ1) is 18.5. The molecule has 0 saturated carbocycles. The van der Waals surface area contributed by atoms with E-state index in [0.717, 1.165) is 11.4 Å². The molecule has 216 valence electrons. The van der Waals surface area contributed by atoms with Gasteiger partial charge in [0, 0.05) is 37.4 Å². The monoisotopic (exact) mass is 742 g/mol. The smallest absolute Gasteiger partial charge is 0.176 e. The lowest BCUT2D eigenvalue weighted by molar-refractivity contribution is -0.396. The van der Waals surface area contributed by atoms with Gasteiger partial charge in [0.15, 0.2) is 17.1 Å². The molecule has 4 nitrogen and oxygen atoms in total. The number of nitrogens with one attached hydrogen (secondary N) is 1. The van der Waals surface area contributed by atoms with Gasteiger partial charge in [-0.3, -0.25) is 4.98 Å². The van der Waals surface area contributed by atoms with Crippen molar-refractivity contribution in [1.82, 2.24) is 4.98 Å². The molecule has 2 aromatic carbocycles. The maximum absolute atomic E-state index is 11.1. The van der Waals surface area contributed by atoms with Crippen molar-refractivity contribution in [2.45, 2.75) is 27.7 Å². The van der Waals surface area contributed by atoms with Crippen LogP contribution in [0.15, 0.2) is 36.4 Å². The van der Waals surface area contributed by atoms with Crippen LogP contribution in [0.2, 0.25) is 50.2 Å². The van der Waals surface area contributed by atoms with Gasteiger partial charge in [0.2, 0.25) is 0 Å². The zero-order valence-corrected chi connectivity index (χ0v) is 28.6. The van der Waals surface area contributed by atoms with Crippen LogP contribution in [0, 0.1) is 27.7 Å². The van der Waals surface area contributed by atoms with Gasteiger partial charge in [-0.15, -0.1) is 0 Å². The number of hydrogen-bond acceptors (Lipinski definition) is 3. The maximum Gasteiger partial charge on any atom is 0.176 e. The number of aryl methyl sites for hydroxylation is 4. The number of aromatic hydroxyl groups is 1. The van der Waals surface area contributed by atoms with Crippen LogP contribution in [0.3, 0.4) is 0 Å². The van der Waals surface area contributed by atoms with E-state index in [-0.39, 0.29) is 56.0 Å². The molecule has 0 bridgehead atoms. The lowest BCUT2D eigenvalue weighted by Gasteiger charge is -2.14. The molecule has 2 N–H and O–H groups in total. The molecule has 4 rings (SSSR count). The van der Waals surface area contributed by atoms with Gasteiger partial charge in [0.25, 0.3) is 0 Å². The van der Waals surface area contributed by atoms with Crippen LogP contribution in [0.25, 0.3) is 0 Å². The van der Waals surface area contributed by atoms with Gasteiger partial charge in [-0.1, -0.05) is 128 Å². The Bertz CT molecular complexity index is 1130. The predicted octanol–water partition coefficient (Wildman–Crippen LogP) is 11.5. The number of benzene rings is 2. The molecule has 14 heteroatoms. The van der Waals surface area contributed by atoms with E-state index in [0.29, 0.717) is 0 Å². The molecular formula is C26H20Cl10N2O2.